The highest BCUT2D eigenvalue weighted by atomic mass is 16.7. The summed E-state index contributed by atoms with van der Waals surface area (Å²) in [5.74, 6) is -0.574. The molecule has 1 aromatic rings. The molecule has 2 aliphatic rings. The molecule has 0 N–H and O–H groups in total. The normalized spacial score (nSPS) is 28.5. The largest absolute Gasteiger partial charge is 0.382 e. The van der Waals surface area contributed by atoms with E-state index in [2.05, 4.69) is 29.3 Å². The zero-order chi connectivity index (χ0) is 17.0. The van der Waals surface area contributed by atoms with Gasteiger partial charge in [-0.25, -0.2) is 0 Å². The van der Waals surface area contributed by atoms with Crippen molar-refractivity contribution in [2.24, 2.45) is 5.10 Å². The quantitative estimate of drug-likeness (QED) is 0.832. The number of hydrazone groups is 1. The SMILES string of the molecule is COC[C@@H]1CCCN1/N=C1\COC(C)(C)O[C@H]1Cc1ccccc1. The van der Waals surface area contributed by atoms with E-state index >= 15 is 0 Å². The number of hydrogen-bond donors (Lipinski definition) is 0. The Kier molecular flexibility index (Phi) is 5.54. The van der Waals surface area contributed by atoms with Gasteiger partial charge in [0.15, 0.2) is 5.79 Å². The fourth-order valence-electron chi connectivity index (χ4n) is 3.35. The van der Waals surface area contributed by atoms with E-state index in [4.69, 9.17) is 19.3 Å². The summed E-state index contributed by atoms with van der Waals surface area (Å²) in [6.07, 6.45) is 3.04. The van der Waals surface area contributed by atoms with Crippen LogP contribution < -0.4 is 0 Å². The molecule has 2 heterocycles. The zero-order valence-corrected chi connectivity index (χ0v) is 14.9. The lowest BCUT2D eigenvalue weighted by atomic mass is 10.0. The lowest BCUT2D eigenvalue weighted by molar-refractivity contribution is -0.234. The Morgan fingerprint density at radius 1 is 1.29 bits per heavy atom. The van der Waals surface area contributed by atoms with E-state index in [1.165, 1.54) is 5.56 Å². The van der Waals surface area contributed by atoms with E-state index in [1.54, 1.807) is 7.11 Å². The molecule has 0 spiro atoms. The van der Waals surface area contributed by atoms with Crippen molar-refractivity contribution >= 4 is 5.71 Å². The number of methoxy groups -OCH3 is 1. The van der Waals surface area contributed by atoms with Crippen molar-refractivity contribution in [3.8, 4) is 0 Å². The van der Waals surface area contributed by atoms with Gasteiger partial charge in [0, 0.05) is 20.1 Å². The van der Waals surface area contributed by atoms with Crippen LogP contribution >= 0.6 is 0 Å². The van der Waals surface area contributed by atoms with E-state index < -0.39 is 5.79 Å². The third kappa shape index (κ3) is 4.35. The first-order valence-electron chi connectivity index (χ1n) is 8.76. The molecule has 2 fully saturated rings. The molecule has 0 aromatic heterocycles. The van der Waals surface area contributed by atoms with Gasteiger partial charge < -0.3 is 14.2 Å². The summed E-state index contributed by atoms with van der Waals surface area (Å²) in [6, 6.07) is 10.8. The van der Waals surface area contributed by atoms with Gasteiger partial charge in [-0.3, -0.25) is 5.01 Å². The molecule has 2 atom stereocenters. The molecule has 3 rings (SSSR count). The average Bonchev–Trinajstić information content (AvgIpc) is 2.98. The van der Waals surface area contributed by atoms with Crippen LogP contribution in [0.5, 0.6) is 0 Å². The third-order valence-corrected chi connectivity index (χ3v) is 4.59. The van der Waals surface area contributed by atoms with Crippen molar-refractivity contribution < 1.29 is 14.2 Å². The Morgan fingerprint density at radius 3 is 2.83 bits per heavy atom. The van der Waals surface area contributed by atoms with Crippen molar-refractivity contribution in [1.82, 2.24) is 5.01 Å². The Bertz CT molecular complexity index is 559. The molecule has 5 heteroatoms. The fraction of sp³-hybridized carbons (Fsp3) is 0.632. The minimum Gasteiger partial charge on any atom is -0.382 e. The molecule has 0 aliphatic carbocycles. The number of nitrogens with zero attached hydrogens (tertiary/aromatic N) is 2. The highest BCUT2D eigenvalue weighted by molar-refractivity contribution is 5.90. The van der Waals surface area contributed by atoms with Crippen LogP contribution in [0.25, 0.3) is 0 Å². The predicted molar refractivity (Wildman–Crippen MR) is 94.1 cm³/mol. The predicted octanol–water partition coefficient (Wildman–Crippen LogP) is 2.85. The smallest absolute Gasteiger partial charge is 0.164 e. The maximum atomic E-state index is 6.18. The monoisotopic (exact) mass is 332 g/mol. The van der Waals surface area contributed by atoms with Gasteiger partial charge in [0.1, 0.15) is 6.10 Å². The topological polar surface area (TPSA) is 43.3 Å². The number of rotatable bonds is 5. The molecule has 0 unspecified atom stereocenters. The lowest BCUT2D eigenvalue weighted by Gasteiger charge is -2.37. The van der Waals surface area contributed by atoms with Gasteiger partial charge >= 0.3 is 0 Å². The molecule has 132 valence electrons. The summed E-state index contributed by atoms with van der Waals surface area (Å²) >= 11 is 0. The van der Waals surface area contributed by atoms with Crippen LogP contribution in [0.3, 0.4) is 0 Å². The molecule has 1 aromatic carbocycles. The van der Waals surface area contributed by atoms with Crippen LogP contribution in [0.15, 0.2) is 35.4 Å². The summed E-state index contributed by atoms with van der Waals surface area (Å²) in [7, 11) is 1.75. The van der Waals surface area contributed by atoms with Gasteiger partial charge in [0.05, 0.1) is 25.0 Å². The van der Waals surface area contributed by atoms with Crippen molar-refractivity contribution in [2.75, 3.05) is 26.9 Å². The van der Waals surface area contributed by atoms with Crippen LogP contribution in [0.1, 0.15) is 32.3 Å². The van der Waals surface area contributed by atoms with E-state index in [9.17, 15) is 0 Å². The summed E-state index contributed by atoms with van der Waals surface area (Å²) < 4.78 is 17.4. The second-order valence-electron chi connectivity index (χ2n) is 6.99. The summed E-state index contributed by atoms with van der Waals surface area (Å²) in [6.45, 7) is 6.13. The first-order chi connectivity index (χ1) is 11.6. The number of benzene rings is 1. The van der Waals surface area contributed by atoms with Crippen molar-refractivity contribution in [3.05, 3.63) is 35.9 Å². The summed E-state index contributed by atoms with van der Waals surface area (Å²) in [5, 5.41) is 7.05. The van der Waals surface area contributed by atoms with Gasteiger partial charge in [0.25, 0.3) is 0 Å². The van der Waals surface area contributed by atoms with Gasteiger partial charge in [-0.1, -0.05) is 30.3 Å². The van der Waals surface area contributed by atoms with Crippen LogP contribution in [0.4, 0.5) is 0 Å². The van der Waals surface area contributed by atoms with E-state index in [0.29, 0.717) is 19.3 Å². The van der Waals surface area contributed by atoms with Crippen LogP contribution in [0.2, 0.25) is 0 Å². The summed E-state index contributed by atoms with van der Waals surface area (Å²) in [5.41, 5.74) is 2.23. The number of hydrogen-bond acceptors (Lipinski definition) is 5. The second-order valence-corrected chi connectivity index (χ2v) is 6.99. The highest BCUT2D eigenvalue weighted by Gasteiger charge is 2.35. The van der Waals surface area contributed by atoms with Crippen molar-refractivity contribution in [3.63, 3.8) is 0 Å². The molecule has 0 radical (unpaired) electrons. The molecule has 2 saturated heterocycles. The van der Waals surface area contributed by atoms with Crippen LogP contribution in [-0.4, -0.2) is 55.5 Å². The maximum absolute atomic E-state index is 6.18. The Balaban J connectivity index is 1.77. The molecule has 0 bridgehead atoms. The Hall–Kier alpha value is -1.43. The molecule has 0 amide bonds. The second kappa shape index (κ2) is 7.64. The van der Waals surface area contributed by atoms with E-state index in [0.717, 1.165) is 31.5 Å². The van der Waals surface area contributed by atoms with Gasteiger partial charge in [-0.05, 0) is 32.3 Å². The van der Waals surface area contributed by atoms with Crippen molar-refractivity contribution in [1.29, 1.82) is 0 Å². The molecule has 2 aliphatic heterocycles. The first kappa shape index (κ1) is 17.4. The standard InChI is InChI=1S/C19H28N2O3/c1-19(2)23-14-17(20-21-11-7-10-16(21)13-22-3)18(24-19)12-15-8-5-4-6-9-15/h4-6,8-9,16,18H,7,10-14H2,1-3H3/b20-17+/t16-,18-/m0/s1. The zero-order valence-electron chi connectivity index (χ0n) is 14.9. The van der Waals surface area contributed by atoms with Gasteiger partial charge in [-0.2, -0.15) is 5.10 Å². The molecular formula is C19H28N2O3. The lowest BCUT2D eigenvalue weighted by Crippen LogP contribution is -2.48. The minimum atomic E-state index is -0.574. The van der Waals surface area contributed by atoms with Gasteiger partial charge in [-0.15, -0.1) is 0 Å². The van der Waals surface area contributed by atoms with Crippen LogP contribution in [0, 0.1) is 0 Å². The third-order valence-electron chi connectivity index (χ3n) is 4.59. The Morgan fingerprint density at radius 2 is 2.08 bits per heavy atom. The molecule has 24 heavy (non-hydrogen) atoms. The summed E-state index contributed by atoms with van der Waals surface area (Å²) in [4.78, 5) is 0. The van der Waals surface area contributed by atoms with Crippen molar-refractivity contribution in [2.45, 2.75) is 51.0 Å². The Labute approximate surface area is 144 Å². The van der Waals surface area contributed by atoms with E-state index in [-0.39, 0.29) is 6.10 Å². The van der Waals surface area contributed by atoms with Crippen LogP contribution in [-0.2, 0) is 20.6 Å². The molecule has 5 nitrogen and oxygen atoms in total. The highest BCUT2D eigenvalue weighted by Crippen LogP contribution is 2.25. The molecular weight excluding hydrogens is 304 g/mol. The fourth-order valence-corrected chi connectivity index (χ4v) is 3.35. The minimum absolute atomic E-state index is 0.0556. The number of ether oxygens (including phenoxy) is 3. The van der Waals surface area contributed by atoms with Gasteiger partial charge in [0.2, 0.25) is 0 Å². The average molecular weight is 332 g/mol. The van der Waals surface area contributed by atoms with E-state index in [1.807, 2.05) is 19.9 Å². The first-order valence-corrected chi connectivity index (χ1v) is 8.76. The molecule has 0 saturated carbocycles. The maximum Gasteiger partial charge on any atom is 0.164 e.